The molecule has 0 saturated carbocycles. The van der Waals surface area contributed by atoms with Crippen molar-refractivity contribution < 1.29 is 14.6 Å². The van der Waals surface area contributed by atoms with Crippen LogP contribution in [0.5, 0.6) is 0 Å². The van der Waals surface area contributed by atoms with Crippen LogP contribution in [0.2, 0.25) is 5.02 Å². The molecular weight excluding hydrogens is 360 g/mol. The first-order valence-electron chi connectivity index (χ1n) is 9.41. The molecule has 5 nitrogen and oxygen atoms in total. The molecule has 0 aromatic heterocycles. The largest absolute Gasteiger partial charge is 0.322 e. The van der Waals surface area contributed by atoms with Crippen molar-refractivity contribution >= 4 is 23.2 Å². The first kappa shape index (κ1) is 19.5. The Hall–Kier alpha value is -2.21. The number of hydrogen-bond acceptors (Lipinski definition) is 2. The number of benzene rings is 2. The number of rotatable bonds is 6. The first-order valence-corrected chi connectivity index (χ1v) is 9.78. The molecule has 1 saturated heterocycles. The molecular formula is C21H27ClN4O+2. The minimum absolute atomic E-state index is 0.0529. The molecule has 2 aromatic carbocycles. The van der Waals surface area contributed by atoms with Crippen LogP contribution in [-0.4, -0.2) is 44.3 Å². The lowest BCUT2D eigenvalue weighted by atomic mass is 10.1. The van der Waals surface area contributed by atoms with Gasteiger partial charge in [0.2, 0.25) is 0 Å². The molecule has 1 fully saturated rings. The maximum atomic E-state index is 12.2. The maximum absolute atomic E-state index is 12.2. The second-order valence-electron chi connectivity index (χ2n) is 7.05. The van der Waals surface area contributed by atoms with E-state index in [9.17, 15) is 4.79 Å². The molecule has 0 spiro atoms. The number of nitrogens with one attached hydrogen (secondary N) is 3. The van der Waals surface area contributed by atoms with Gasteiger partial charge in [0.15, 0.2) is 6.54 Å². The van der Waals surface area contributed by atoms with Gasteiger partial charge in [-0.1, -0.05) is 60.1 Å². The number of nitrogens with zero attached hydrogens (tertiary/aromatic N) is 1. The molecule has 1 aliphatic rings. The second-order valence-corrected chi connectivity index (χ2v) is 7.46. The summed E-state index contributed by atoms with van der Waals surface area (Å²) in [5.41, 5.74) is 5.59. The van der Waals surface area contributed by atoms with E-state index in [1.54, 1.807) is 4.90 Å². The summed E-state index contributed by atoms with van der Waals surface area (Å²) >= 11 is 6.16. The van der Waals surface area contributed by atoms with Gasteiger partial charge in [-0.05, 0) is 13.0 Å². The third-order valence-electron chi connectivity index (χ3n) is 4.98. The average Bonchev–Trinajstić information content (AvgIpc) is 2.69. The molecule has 142 valence electrons. The number of piperazine rings is 1. The van der Waals surface area contributed by atoms with Gasteiger partial charge in [-0.2, -0.15) is 5.10 Å². The van der Waals surface area contributed by atoms with Crippen molar-refractivity contribution in [3.05, 3.63) is 70.7 Å². The highest BCUT2D eigenvalue weighted by Crippen LogP contribution is 2.15. The van der Waals surface area contributed by atoms with Crippen LogP contribution in [0.15, 0.2) is 59.7 Å². The molecule has 2 aromatic rings. The predicted molar refractivity (Wildman–Crippen MR) is 108 cm³/mol. The summed E-state index contributed by atoms with van der Waals surface area (Å²) in [6, 6.07) is 18.1. The van der Waals surface area contributed by atoms with Crippen molar-refractivity contribution in [1.29, 1.82) is 0 Å². The van der Waals surface area contributed by atoms with E-state index in [0.717, 1.165) is 38.3 Å². The van der Waals surface area contributed by atoms with Crippen molar-refractivity contribution in [2.24, 2.45) is 5.10 Å². The quantitative estimate of drug-likeness (QED) is 0.481. The van der Waals surface area contributed by atoms with Gasteiger partial charge >= 0.3 is 0 Å². The second kappa shape index (κ2) is 9.65. The first-order chi connectivity index (χ1) is 13.1. The van der Waals surface area contributed by atoms with Gasteiger partial charge in [0.05, 0.1) is 5.71 Å². The van der Waals surface area contributed by atoms with Crippen molar-refractivity contribution in [1.82, 2.24) is 5.43 Å². The van der Waals surface area contributed by atoms with Gasteiger partial charge in [0.25, 0.3) is 5.91 Å². The zero-order chi connectivity index (χ0) is 19.1. The molecule has 27 heavy (non-hydrogen) atoms. The average molecular weight is 387 g/mol. The number of carbonyl (C=O) groups is 1. The lowest BCUT2D eigenvalue weighted by Crippen LogP contribution is -3.28. The number of amides is 1. The number of hydrogen-bond donors (Lipinski definition) is 3. The number of halogens is 1. The summed E-state index contributed by atoms with van der Waals surface area (Å²) in [6.45, 7) is 7.53. The number of carbonyl (C=O) groups excluding carboxylic acids is 1. The highest BCUT2D eigenvalue weighted by molar-refractivity contribution is 6.34. The van der Waals surface area contributed by atoms with Crippen LogP contribution < -0.4 is 15.2 Å². The van der Waals surface area contributed by atoms with Crippen LogP contribution in [0.25, 0.3) is 0 Å². The molecule has 1 amide bonds. The van der Waals surface area contributed by atoms with Gasteiger partial charge in [-0.15, -0.1) is 0 Å². The van der Waals surface area contributed by atoms with Gasteiger partial charge in [0.1, 0.15) is 32.7 Å². The lowest BCUT2D eigenvalue weighted by molar-refractivity contribution is -1.02. The minimum Gasteiger partial charge on any atom is -0.322 e. The molecule has 0 unspecified atom stereocenters. The summed E-state index contributed by atoms with van der Waals surface area (Å²) in [5.74, 6) is -0.0529. The third kappa shape index (κ3) is 5.89. The Bertz CT molecular complexity index is 786. The summed E-state index contributed by atoms with van der Waals surface area (Å²) in [4.78, 5) is 15.1. The topological polar surface area (TPSA) is 50.3 Å². The molecule has 1 heterocycles. The lowest BCUT2D eigenvalue weighted by Gasteiger charge is -2.29. The minimum atomic E-state index is -0.0529. The Balaban J connectivity index is 1.43. The van der Waals surface area contributed by atoms with Gasteiger partial charge < -0.3 is 9.80 Å². The van der Waals surface area contributed by atoms with Gasteiger partial charge in [-0.3, -0.25) is 4.79 Å². The van der Waals surface area contributed by atoms with E-state index in [1.165, 1.54) is 10.5 Å². The third-order valence-corrected chi connectivity index (χ3v) is 5.31. The number of quaternary nitrogens is 2. The van der Waals surface area contributed by atoms with Gasteiger partial charge in [-0.25, -0.2) is 5.43 Å². The Morgan fingerprint density at radius 1 is 1.00 bits per heavy atom. The zero-order valence-electron chi connectivity index (χ0n) is 15.7. The summed E-state index contributed by atoms with van der Waals surface area (Å²) in [7, 11) is 0. The monoisotopic (exact) mass is 386 g/mol. The van der Waals surface area contributed by atoms with Crippen molar-refractivity contribution in [3.63, 3.8) is 0 Å². The standard InChI is InChI=1S/C21H25ClN4O/c1-17(19-9-5-6-10-20(19)22)23-24-21(27)16-26-13-11-25(12-14-26)15-18-7-3-2-4-8-18/h2-10H,11-16H2,1H3,(H,24,27)/p+2/b23-17-. The van der Waals surface area contributed by atoms with E-state index >= 15 is 0 Å². The summed E-state index contributed by atoms with van der Waals surface area (Å²) in [6.07, 6.45) is 0. The van der Waals surface area contributed by atoms with Crippen molar-refractivity contribution in [2.45, 2.75) is 13.5 Å². The van der Waals surface area contributed by atoms with Crippen LogP contribution in [0.1, 0.15) is 18.1 Å². The molecule has 0 atom stereocenters. The van der Waals surface area contributed by atoms with E-state index in [0.29, 0.717) is 17.3 Å². The van der Waals surface area contributed by atoms with Crippen molar-refractivity contribution in [2.75, 3.05) is 32.7 Å². The van der Waals surface area contributed by atoms with E-state index in [4.69, 9.17) is 11.6 Å². The fraction of sp³-hybridized carbons (Fsp3) is 0.333. The van der Waals surface area contributed by atoms with E-state index in [-0.39, 0.29) is 5.91 Å². The Morgan fingerprint density at radius 2 is 1.63 bits per heavy atom. The normalized spacial score (nSPS) is 20.3. The molecule has 0 bridgehead atoms. The fourth-order valence-electron chi connectivity index (χ4n) is 3.42. The van der Waals surface area contributed by atoms with Crippen LogP contribution in [0.3, 0.4) is 0 Å². The smallest absolute Gasteiger partial charge is 0.295 e. The van der Waals surface area contributed by atoms with Gasteiger partial charge in [0, 0.05) is 16.1 Å². The molecule has 1 aliphatic heterocycles. The highest BCUT2D eigenvalue weighted by atomic mass is 35.5. The van der Waals surface area contributed by atoms with E-state index < -0.39 is 0 Å². The molecule has 6 heteroatoms. The van der Waals surface area contributed by atoms with Crippen LogP contribution in [-0.2, 0) is 11.3 Å². The molecule has 0 radical (unpaired) electrons. The maximum Gasteiger partial charge on any atom is 0.295 e. The van der Waals surface area contributed by atoms with Crippen molar-refractivity contribution in [3.8, 4) is 0 Å². The Kier molecular flexibility index (Phi) is 6.98. The summed E-state index contributed by atoms with van der Waals surface area (Å²) in [5, 5.41) is 4.84. The molecule has 3 N–H and O–H groups in total. The van der Waals surface area contributed by atoms with Crippen LogP contribution in [0.4, 0.5) is 0 Å². The Morgan fingerprint density at radius 3 is 2.33 bits per heavy atom. The predicted octanol–water partition coefficient (Wildman–Crippen LogP) is 0.164. The van der Waals surface area contributed by atoms with E-state index in [1.807, 2.05) is 31.2 Å². The van der Waals surface area contributed by atoms with E-state index in [2.05, 4.69) is 40.9 Å². The van der Waals surface area contributed by atoms with Crippen LogP contribution >= 0.6 is 11.6 Å². The summed E-state index contributed by atoms with van der Waals surface area (Å²) < 4.78 is 0. The number of hydrazone groups is 1. The molecule has 3 rings (SSSR count). The zero-order valence-corrected chi connectivity index (χ0v) is 16.4. The SMILES string of the molecule is C/C(=N/NC(=O)C[NH+]1CC[NH+](Cc2ccccc2)CC1)c1ccccc1Cl. The Labute approximate surface area is 165 Å². The molecule has 0 aliphatic carbocycles. The fourth-order valence-corrected chi connectivity index (χ4v) is 3.70. The van der Waals surface area contributed by atoms with Crippen LogP contribution in [0, 0.1) is 0 Å². The highest BCUT2D eigenvalue weighted by Gasteiger charge is 2.24.